The fourth-order valence-corrected chi connectivity index (χ4v) is 10.3. The molecule has 12 rings (SSSR count). The first-order chi connectivity index (χ1) is 39.6. The minimum absolute atomic E-state index is 0. The van der Waals surface area contributed by atoms with Gasteiger partial charge >= 0.3 is 17.1 Å². The van der Waals surface area contributed by atoms with E-state index in [1.807, 2.05) is 72.8 Å². The third-order valence-electron chi connectivity index (χ3n) is 13.6. The number of nitrogens with zero attached hydrogens (tertiary/aromatic N) is 6. The molecule has 0 radical (unpaired) electrons. The second-order valence-corrected chi connectivity index (χ2v) is 18.3. The fourth-order valence-electron chi connectivity index (χ4n) is 10.3. The molecule has 0 aliphatic carbocycles. The first-order valence-corrected chi connectivity index (χ1v) is 26.6. The van der Waals surface area contributed by atoms with Crippen LogP contribution in [-0.2, 0) is 17.1 Å². The van der Waals surface area contributed by atoms with Crippen LogP contribution in [0.2, 0.25) is 0 Å². The van der Waals surface area contributed by atoms with Gasteiger partial charge in [0, 0.05) is 38.6 Å². The Kier molecular flexibility index (Phi) is 24.8. The molecule has 0 aliphatic rings. The largest absolute Gasteiger partial charge is 2.00 e. The maximum atomic E-state index is 7.32. The van der Waals surface area contributed by atoms with Crippen molar-refractivity contribution < 1.29 is 17.1 Å². The third kappa shape index (κ3) is 16.0. The summed E-state index contributed by atoms with van der Waals surface area (Å²) < 4.78 is 0. The molecule has 0 unspecified atom stereocenters. The summed E-state index contributed by atoms with van der Waals surface area (Å²) in [5, 5.41) is 14.6. The number of benzene rings is 8. The SMILES string of the molecule is CC#N.CC#N.[Fe+2].c1ccc(-c2ccccn2)nc1.c1ccc(-c2ccccn2)nc1.c1ccc([B-](c2ccccc2)(c2ccccc2)c2ccccc2)cc1.c1ccc([B-](c2ccccc2)(c2ccccc2)c2ccccc2)cc1. The number of pyridine rings is 4. The summed E-state index contributed by atoms with van der Waals surface area (Å²) in [4.78, 5) is 16.7. The van der Waals surface area contributed by atoms with E-state index >= 15 is 0 Å². The summed E-state index contributed by atoms with van der Waals surface area (Å²) in [7, 11) is 0. The zero-order valence-electron chi connectivity index (χ0n) is 45.5. The Morgan fingerprint density at radius 3 is 0.457 bits per heavy atom. The van der Waals surface area contributed by atoms with Crippen LogP contribution in [0.15, 0.2) is 340 Å². The molecule has 4 aromatic heterocycles. The minimum atomic E-state index is -1.22. The molecule has 0 atom stereocenters. The topological polar surface area (TPSA) is 99.1 Å². The summed E-state index contributed by atoms with van der Waals surface area (Å²) in [6.07, 6.45) is 4.64. The molecule has 0 spiro atoms. The van der Waals surface area contributed by atoms with E-state index in [-0.39, 0.29) is 17.1 Å². The van der Waals surface area contributed by atoms with Crippen molar-refractivity contribution >= 4 is 56.0 Å². The zero-order chi connectivity index (χ0) is 55.8. The standard InChI is InChI=1S/2C24H20B.2C10H8N2.2C2H3N.Fe/c2*1-5-13-21(14-6-1)25(22-15-7-2-8-16-22,23-17-9-3-10-18-23)24-19-11-4-12-20-24;2*1-3-7-11-9(5-1)10-6-2-4-8-12-10;2*1-2-3;/h2*1-20H;2*1-8H;2*1H3;/q2*-1;;;;;+2. The Balaban J connectivity index is 0.000000175. The van der Waals surface area contributed by atoms with Crippen molar-refractivity contribution in [3.63, 3.8) is 0 Å². The van der Waals surface area contributed by atoms with Crippen LogP contribution in [0.25, 0.3) is 22.8 Å². The van der Waals surface area contributed by atoms with E-state index in [1.54, 1.807) is 36.9 Å². The van der Waals surface area contributed by atoms with E-state index in [0.29, 0.717) is 0 Å². The Morgan fingerprint density at radius 1 is 0.222 bits per heavy atom. The minimum Gasteiger partial charge on any atom is -0.255 e. The van der Waals surface area contributed by atoms with Gasteiger partial charge in [-0.15, -0.1) is 0 Å². The Morgan fingerprint density at radius 2 is 0.346 bits per heavy atom. The zero-order valence-corrected chi connectivity index (χ0v) is 46.6. The molecule has 394 valence electrons. The molecule has 0 saturated heterocycles. The molecule has 4 heterocycles. The summed E-state index contributed by atoms with van der Waals surface area (Å²) in [5.74, 6) is 0. The maximum absolute atomic E-state index is 7.32. The van der Waals surface area contributed by atoms with Gasteiger partial charge in [0.05, 0.1) is 34.9 Å². The van der Waals surface area contributed by atoms with Gasteiger partial charge in [-0.1, -0.05) is 267 Å². The van der Waals surface area contributed by atoms with E-state index in [9.17, 15) is 0 Å². The predicted molar refractivity (Wildman–Crippen MR) is 338 cm³/mol. The Labute approximate surface area is 489 Å². The normalized spacial score (nSPS) is 9.98. The van der Waals surface area contributed by atoms with Crippen LogP contribution in [-0.4, -0.2) is 32.2 Å². The van der Waals surface area contributed by atoms with Gasteiger partial charge in [-0.25, -0.2) is 0 Å². The quantitative estimate of drug-likeness (QED) is 0.127. The number of hydrogen-bond donors (Lipinski definition) is 0. The van der Waals surface area contributed by atoms with Gasteiger partial charge in [0.15, 0.2) is 0 Å². The second-order valence-electron chi connectivity index (χ2n) is 18.3. The van der Waals surface area contributed by atoms with E-state index in [1.165, 1.54) is 57.5 Å². The Bertz CT molecular complexity index is 3000. The van der Waals surface area contributed by atoms with Gasteiger partial charge in [0.2, 0.25) is 0 Å². The van der Waals surface area contributed by atoms with Crippen molar-refractivity contribution in [3.8, 4) is 34.9 Å². The van der Waals surface area contributed by atoms with Crippen molar-refractivity contribution in [1.29, 1.82) is 10.5 Å². The van der Waals surface area contributed by atoms with E-state index in [0.717, 1.165) is 22.8 Å². The van der Waals surface area contributed by atoms with E-state index in [2.05, 4.69) is 263 Å². The van der Waals surface area contributed by atoms with Crippen LogP contribution in [0.5, 0.6) is 0 Å². The van der Waals surface area contributed by atoms with E-state index in [4.69, 9.17) is 10.5 Å². The molecular weight excluding hydrogens is 1030 g/mol. The molecule has 6 nitrogen and oxygen atoms in total. The molecule has 0 amide bonds. The summed E-state index contributed by atoms with van der Waals surface area (Å²) >= 11 is 0. The first-order valence-electron chi connectivity index (χ1n) is 26.6. The number of nitriles is 2. The molecule has 81 heavy (non-hydrogen) atoms. The average Bonchev–Trinajstić information content (AvgIpc) is 3.61. The van der Waals surface area contributed by atoms with Gasteiger partial charge < -0.3 is 0 Å². The number of hydrogen-bond acceptors (Lipinski definition) is 6. The van der Waals surface area contributed by atoms with Crippen molar-refractivity contribution in [1.82, 2.24) is 19.9 Å². The molecule has 0 aliphatic heterocycles. The third-order valence-corrected chi connectivity index (χ3v) is 13.6. The second kappa shape index (κ2) is 33.3. The fraction of sp³-hybridized carbons (Fsp3) is 0.0278. The molecule has 0 fully saturated rings. The maximum Gasteiger partial charge on any atom is 2.00 e. The van der Waals surface area contributed by atoms with Crippen LogP contribution in [0, 0.1) is 22.7 Å². The van der Waals surface area contributed by atoms with Crippen molar-refractivity contribution in [2.45, 2.75) is 13.8 Å². The summed E-state index contributed by atoms with van der Waals surface area (Å²) in [5.41, 5.74) is 14.4. The number of rotatable bonds is 10. The van der Waals surface area contributed by atoms with E-state index < -0.39 is 12.3 Å². The molecular formula is C72H62B2FeN6. The van der Waals surface area contributed by atoms with Crippen LogP contribution < -0.4 is 43.7 Å². The van der Waals surface area contributed by atoms with Crippen LogP contribution >= 0.6 is 0 Å². The smallest absolute Gasteiger partial charge is 0.255 e. The van der Waals surface area contributed by atoms with Crippen molar-refractivity contribution in [2.75, 3.05) is 0 Å². The van der Waals surface area contributed by atoms with Crippen molar-refractivity contribution in [3.05, 3.63) is 340 Å². The summed E-state index contributed by atoms with van der Waals surface area (Å²) in [6, 6.07) is 114. The molecule has 8 aromatic carbocycles. The first kappa shape index (κ1) is 60.2. The van der Waals surface area contributed by atoms with Gasteiger partial charge in [0.1, 0.15) is 12.3 Å². The van der Waals surface area contributed by atoms with Gasteiger partial charge in [-0.2, -0.15) is 54.2 Å². The van der Waals surface area contributed by atoms with Crippen LogP contribution in [0.1, 0.15) is 13.8 Å². The number of aromatic nitrogens is 4. The average molecular weight is 1090 g/mol. The monoisotopic (exact) mass is 1090 g/mol. The van der Waals surface area contributed by atoms with Gasteiger partial charge in [-0.3, -0.25) is 19.9 Å². The van der Waals surface area contributed by atoms with Gasteiger partial charge in [0.25, 0.3) is 0 Å². The van der Waals surface area contributed by atoms with Crippen LogP contribution in [0.3, 0.4) is 0 Å². The Hall–Kier alpha value is -10.0. The molecule has 0 N–H and O–H groups in total. The predicted octanol–water partition coefficient (Wildman–Crippen LogP) is 11.5. The van der Waals surface area contributed by atoms with Crippen molar-refractivity contribution in [2.24, 2.45) is 0 Å². The molecule has 9 heteroatoms. The van der Waals surface area contributed by atoms with Crippen LogP contribution in [0.4, 0.5) is 0 Å². The van der Waals surface area contributed by atoms with Gasteiger partial charge in [-0.05, 0) is 48.5 Å². The molecule has 0 bridgehead atoms. The summed E-state index contributed by atoms with van der Waals surface area (Å²) in [6.45, 7) is 2.86. The molecule has 12 aromatic rings. The molecule has 0 saturated carbocycles.